The zero-order chi connectivity index (χ0) is 16.4. The molecule has 2 aliphatic rings. The first-order valence-corrected chi connectivity index (χ1v) is 9.26. The second kappa shape index (κ2) is 6.69. The summed E-state index contributed by atoms with van der Waals surface area (Å²) >= 11 is 1.70. The Morgan fingerprint density at radius 3 is 3.09 bits per heavy atom. The largest absolute Gasteiger partial charge is 0.387 e. The lowest BCUT2D eigenvalue weighted by molar-refractivity contribution is 0.0697. The molecule has 1 heterocycles. The molecule has 3 N–H and O–H groups in total. The molecular formula is C17H23FN2O2S. The lowest BCUT2D eigenvalue weighted by atomic mass is 9.80. The maximum atomic E-state index is 13.9. The molecule has 0 bridgehead atoms. The third-order valence-corrected chi connectivity index (χ3v) is 6.09. The summed E-state index contributed by atoms with van der Waals surface area (Å²) in [6.07, 6.45) is 2.26. The molecule has 0 radical (unpaired) electrons. The number of hydrogen-bond acceptors (Lipinski definition) is 3. The summed E-state index contributed by atoms with van der Waals surface area (Å²) in [6, 6.07) is 4.56. The predicted octanol–water partition coefficient (Wildman–Crippen LogP) is 2.62. The minimum absolute atomic E-state index is 0.193. The van der Waals surface area contributed by atoms with Crippen molar-refractivity contribution >= 4 is 17.8 Å². The molecule has 1 aromatic rings. The highest BCUT2D eigenvalue weighted by Crippen LogP contribution is 2.35. The van der Waals surface area contributed by atoms with E-state index in [1.807, 2.05) is 6.07 Å². The van der Waals surface area contributed by atoms with Crippen LogP contribution in [0.4, 0.5) is 9.18 Å². The van der Waals surface area contributed by atoms with Crippen LogP contribution in [0.3, 0.4) is 0 Å². The highest BCUT2D eigenvalue weighted by Gasteiger charge is 2.33. The van der Waals surface area contributed by atoms with Crippen LogP contribution in [-0.2, 0) is 6.42 Å². The smallest absolute Gasteiger partial charge is 0.315 e. The Morgan fingerprint density at radius 2 is 2.35 bits per heavy atom. The molecule has 1 aromatic carbocycles. The van der Waals surface area contributed by atoms with Crippen molar-refractivity contribution in [3.63, 3.8) is 0 Å². The Kier molecular flexibility index (Phi) is 4.82. The molecule has 0 spiro atoms. The molecule has 0 saturated carbocycles. The van der Waals surface area contributed by atoms with Crippen molar-refractivity contribution in [2.45, 2.75) is 37.8 Å². The third kappa shape index (κ3) is 3.63. The van der Waals surface area contributed by atoms with Crippen molar-refractivity contribution in [2.24, 2.45) is 5.92 Å². The monoisotopic (exact) mass is 338 g/mol. The van der Waals surface area contributed by atoms with Gasteiger partial charge in [0.15, 0.2) is 0 Å². The van der Waals surface area contributed by atoms with Gasteiger partial charge in [-0.05, 0) is 48.1 Å². The number of halogens is 1. The molecular weight excluding hydrogens is 315 g/mol. The highest BCUT2D eigenvalue weighted by molar-refractivity contribution is 7.99. The second-order valence-corrected chi connectivity index (χ2v) is 7.76. The fourth-order valence-corrected chi connectivity index (χ4v) is 4.66. The van der Waals surface area contributed by atoms with Crippen LogP contribution in [0.15, 0.2) is 18.2 Å². The first-order chi connectivity index (χ1) is 11.0. The number of amides is 2. The van der Waals surface area contributed by atoms with Crippen molar-refractivity contribution in [1.82, 2.24) is 10.6 Å². The van der Waals surface area contributed by atoms with Gasteiger partial charge in [0.2, 0.25) is 0 Å². The number of benzene rings is 1. The van der Waals surface area contributed by atoms with Gasteiger partial charge in [0.1, 0.15) is 5.82 Å². The van der Waals surface area contributed by atoms with Gasteiger partial charge in [-0.2, -0.15) is 11.8 Å². The van der Waals surface area contributed by atoms with E-state index in [-0.39, 0.29) is 30.4 Å². The predicted molar refractivity (Wildman–Crippen MR) is 90.1 cm³/mol. The quantitative estimate of drug-likeness (QED) is 0.794. The summed E-state index contributed by atoms with van der Waals surface area (Å²) in [6.45, 7) is 2.32. The van der Waals surface area contributed by atoms with E-state index in [0.29, 0.717) is 24.2 Å². The Balaban J connectivity index is 1.65. The van der Waals surface area contributed by atoms with E-state index in [0.717, 1.165) is 17.7 Å². The normalized spacial score (nSPS) is 29.9. The van der Waals surface area contributed by atoms with Crippen LogP contribution in [0.25, 0.3) is 0 Å². The molecule has 1 aliphatic carbocycles. The zero-order valence-electron chi connectivity index (χ0n) is 13.3. The molecule has 4 nitrogen and oxygen atoms in total. The van der Waals surface area contributed by atoms with E-state index in [2.05, 4.69) is 17.6 Å². The van der Waals surface area contributed by atoms with Gasteiger partial charge in [0.25, 0.3) is 0 Å². The molecule has 23 heavy (non-hydrogen) atoms. The SMILES string of the molecule is C[C@@H]1CCc2c(F)cccc2[C@H]1NC(=O)NC[C@@]1(O)CCSC1. The van der Waals surface area contributed by atoms with Gasteiger partial charge in [-0.25, -0.2) is 9.18 Å². The fourth-order valence-electron chi connectivity index (χ4n) is 3.37. The molecule has 0 unspecified atom stereocenters. The molecule has 1 saturated heterocycles. The summed E-state index contributed by atoms with van der Waals surface area (Å²) in [4.78, 5) is 12.2. The summed E-state index contributed by atoms with van der Waals surface area (Å²) in [5.74, 6) is 1.63. The van der Waals surface area contributed by atoms with E-state index in [9.17, 15) is 14.3 Å². The van der Waals surface area contributed by atoms with Gasteiger partial charge in [0, 0.05) is 12.3 Å². The lowest BCUT2D eigenvalue weighted by Gasteiger charge is -2.32. The molecule has 1 aliphatic heterocycles. The number of nitrogens with one attached hydrogen (secondary N) is 2. The number of carbonyl (C=O) groups excluding carboxylic acids is 1. The summed E-state index contributed by atoms with van der Waals surface area (Å²) in [5.41, 5.74) is 0.778. The minimum atomic E-state index is -0.801. The van der Waals surface area contributed by atoms with Crippen molar-refractivity contribution < 1.29 is 14.3 Å². The molecule has 3 rings (SSSR count). The Labute approximate surface area is 140 Å². The molecule has 2 amide bonds. The topological polar surface area (TPSA) is 61.4 Å². The minimum Gasteiger partial charge on any atom is -0.387 e. The van der Waals surface area contributed by atoms with E-state index < -0.39 is 5.60 Å². The molecule has 3 atom stereocenters. The molecule has 0 aromatic heterocycles. The fraction of sp³-hybridized carbons (Fsp3) is 0.588. The molecule has 6 heteroatoms. The van der Waals surface area contributed by atoms with Crippen molar-refractivity contribution in [3.05, 3.63) is 35.1 Å². The summed E-state index contributed by atoms with van der Waals surface area (Å²) in [7, 11) is 0. The Hall–Kier alpha value is -1.27. The van der Waals surface area contributed by atoms with Crippen LogP contribution in [0.2, 0.25) is 0 Å². The average Bonchev–Trinajstić information content (AvgIpc) is 2.96. The molecule has 1 fully saturated rings. The second-order valence-electron chi connectivity index (χ2n) is 6.66. The third-order valence-electron chi connectivity index (χ3n) is 4.86. The van der Waals surface area contributed by atoms with Gasteiger partial charge in [-0.1, -0.05) is 19.1 Å². The number of aliphatic hydroxyl groups is 1. The standard InChI is InChI=1S/C17H23FN2O2S/c1-11-5-6-12-13(3-2-4-14(12)18)15(11)20-16(21)19-9-17(22)7-8-23-10-17/h2-4,11,15,22H,5-10H2,1H3,(H2,19,20,21)/t11-,15+,17+/m1/s1. The number of urea groups is 1. The van der Waals surface area contributed by atoms with E-state index in [1.54, 1.807) is 17.8 Å². The van der Waals surface area contributed by atoms with Crippen molar-refractivity contribution in [2.75, 3.05) is 18.1 Å². The summed E-state index contributed by atoms with van der Waals surface area (Å²) in [5, 5.41) is 16.0. The van der Waals surface area contributed by atoms with Crippen molar-refractivity contribution in [1.29, 1.82) is 0 Å². The average molecular weight is 338 g/mol. The highest BCUT2D eigenvalue weighted by atomic mass is 32.2. The van der Waals surface area contributed by atoms with Crippen LogP contribution in [0, 0.1) is 11.7 Å². The molecule has 126 valence electrons. The van der Waals surface area contributed by atoms with E-state index in [4.69, 9.17) is 0 Å². The van der Waals surface area contributed by atoms with Crippen LogP contribution >= 0.6 is 11.8 Å². The number of rotatable bonds is 3. The van der Waals surface area contributed by atoms with Gasteiger partial charge in [-0.3, -0.25) is 0 Å². The van der Waals surface area contributed by atoms with Gasteiger partial charge >= 0.3 is 6.03 Å². The lowest BCUT2D eigenvalue weighted by Crippen LogP contribution is -2.48. The Morgan fingerprint density at radius 1 is 1.52 bits per heavy atom. The van der Waals surface area contributed by atoms with Crippen LogP contribution in [0.1, 0.15) is 36.9 Å². The van der Waals surface area contributed by atoms with Crippen molar-refractivity contribution in [3.8, 4) is 0 Å². The van der Waals surface area contributed by atoms with E-state index >= 15 is 0 Å². The number of hydrogen-bond donors (Lipinski definition) is 3. The Bertz CT molecular complexity index is 590. The number of fused-ring (bicyclic) bond motifs is 1. The van der Waals surface area contributed by atoms with Gasteiger partial charge < -0.3 is 15.7 Å². The van der Waals surface area contributed by atoms with Gasteiger partial charge in [0.05, 0.1) is 11.6 Å². The first-order valence-electron chi connectivity index (χ1n) is 8.10. The van der Waals surface area contributed by atoms with Crippen LogP contribution in [0.5, 0.6) is 0 Å². The maximum absolute atomic E-state index is 13.9. The first kappa shape index (κ1) is 16.6. The number of thioether (sulfide) groups is 1. The number of carbonyl (C=O) groups is 1. The van der Waals surface area contributed by atoms with Crippen LogP contribution < -0.4 is 10.6 Å². The van der Waals surface area contributed by atoms with Gasteiger partial charge in [-0.15, -0.1) is 0 Å². The summed E-state index contributed by atoms with van der Waals surface area (Å²) < 4.78 is 13.9. The van der Waals surface area contributed by atoms with Crippen LogP contribution in [-0.4, -0.2) is 34.8 Å². The zero-order valence-corrected chi connectivity index (χ0v) is 14.1. The van der Waals surface area contributed by atoms with E-state index in [1.165, 1.54) is 6.07 Å². The maximum Gasteiger partial charge on any atom is 0.315 e.